The van der Waals surface area contributed by atoms with Gasteiger partial charge >= 0.3 is 0 Å². The molecule has 6 heteroatoms. The Balaban J connectivity index is 2.19. The van der Waals surface area contributed by atoms with E-state index in [1.54, 1.807) is 0 Å². The van der Waals surface area contributed by atoms with E-state index < -0.39 is 4.92 Å². The van der Waals surface area contributed by atoms with Crippen molar-refractivity contribution in [2.24, 2.45) is 5.92 Å². The summed E-state index contributed by atoms with van der Waals surface area (Å²) in [7, 11) is 0. The molecule has 0 aliphatic heterocycles. The van der Waals surface area contributed by atoms with Gasteiger partial charge in [-0.05, 0) is 12.8 Å². The zero-order chi connectivity index (χ0) is 10.8. The largest absolute Gasteiger partial charge is 0.319 e. The molecule has 6 nitrogen and oxygen atoms in total. The normalized spacial score (nSPS) is 14.7. The SMILES string of the molecule is O=C(Nc1cnccc1[N+](=O)[O-])C1CC1. The lowest BCUT2D eigenvalue weighted by Gasteiger charge is -2.03. The molecule has 0 spiro atoms. The number of hydrogen-bond acceptors (Lipinski definition) is 4. The van der Waals surface area contributed by atoms with Crippen LogP contribution in [0.15, 0.2) is 18.5 Å². The Morgan fingerprint density at radius 3 is 2.93 bits per heavy atom. The van der Waals surface area contributed by atoms with Crippen LogP contribution in [0.2, 0.25) is 0 Å². The Morgan fingerprint density at radius 1 is 1.60 bits per heavy atom. The van der Waals surface area contributed by atoms with Crippen LogP contribution >= 0.6 is 0 Å². The molecule has 0 aromatic carbocycles. The molecule has 1 N–H and O–H groups in total. The first-order chi connectivity index (χ1) is 7.18. The molecular formula is C9H9N3O3. The van der Waals surface area contributed by atoms with Crippen molar-refractivity contribution in [2.75, 3.05) is 5.32 Å². The Labute approximate surface area is 85.5 Å². The molecule has 1 amide bonds. The summed E-state index contributed by atoms with van der Waals surface area (Å²) in [4.78, 5) is 25.2. The number of hydrogen-bond donors (Lipinski definition) is 1. The maximum atomic E-state index is 11.4. The number of anilines is 1. The lowest BCUT2D eigenvalue weighted by atomic mass is 10.3. The lowest BCUT2D eigenvalue weighted by molar-refractivity contribution is -0.384. The Hall–Kier alpha value is -1.98. The summed E-state index contributed by atoms with van der Waals surface area (Å²) in [6, 6.07) is 1.27. The van der Waals surface area contributed by atoms with Gasteiger partial charge in [-0.15, -0.1) is 0 Å². The van der Waals surface area contributed by atoms with E-state index in [4.69, 9.17) is 0 Å². The standard InChI is InChI=1S/C9H9N3O3/c13-9(6-1-2-6)11-7-5-10-4-3-8(7)12(14)15/h3-6H,1-2H2,(H,11,13). The monoisotopic (exact) mass is 207 g/mol. The summed E-state index contributed by atoms with van der Waals surface area (Å²) in [6.07, 6.45) is 4.34. The molecule has 0 bridgehead atoms. The maximum absolute atomic E-state index is 11.4. The van der Waals surface area contributed by atoms with Crippen molar-refractivity contribution in [3.63, 3.8) is 0 Å². The van der Waals surface area contributed by atoms with Crippen LogP contribution in [0.5, 0.6) is 0 Å². The first kappa shape index (κ1) is 9.57. The summed E-state index contributed by atoms with van der Waals surface area (Å²) in [5, 5.41) is 13.1. The smallest absolute Gasteiger partial charge is 0.295 e. The molecule has 2 rings (SSSR count). The molecule has 0 radical (unpaired) electrons. The van der Waals surface area contributed by atoms with Crippen molar-refractivity contribution in [3.05, 3.63) is 28.6 Å². The average Bonchev–Trinajstić information content (AvgIpc) is 3.01. The van der Waals surface area contributed by atoms with Crippen LogP contribution in [0, 0.1) is 16.0 Å². The van der Waals surface area contributed by atoms with Crippen molar-refractivity contribution >= 4 is 17.3 Å². The van der Waals surface area contributed by atoms with Crippen molar-refractivity contribution in [3.8, 4) is 0 Å². The van der Waals surface area contributed by atoms with Gasteiger partial charge < -0.3 is 5.32 Å². The Morgan fingerprint density at radius 2 is 2.33 bits per heavy atom. The van der Waals surface area contributed by atoms with Crippen molar-refractivity contribution < 1.29 is 9.72 Å². The number of carbonyl (C=O) groups excluding carboxylic acids is 1. The third-order valence-electron chi connectivity index (χ3n) is 2.20. The van der Waals surface area contributed by atoms with E-state index in [0.717, 1.165) is 12.8 Å². The molecule has 1 fully saturated rings. The fourth-order valence-electron chi connectivity index (χ4n) is 1.22. The zero-order valence-electron chi connectivity index (χ0n) is 7.84. The van der Waals surface area contributed by atoms with Crippen LogP contribution in [-0.2, 0) is 4.79 Å². The van der Waals surface area contributed by atoms with E-state index in [-0.39, 0.29) is 23.2 Å². The van der Waals surface area contributed by atoms with Gasteiger partial charge in [0.25, 0.3) is 5.69 Å². The number of carbonyl (C=O) groups is 1. The van der Waals surface area contributed by atoms with E-state index in [1.165, 1.54) is 18.5 Å². The van der Waals surface area contributed by atoms with Crippen molar-refractivity contribution in [1.29, 1.82) is 0 Å². The second-order valence-electron chi connectivity index (χ2n) is 3.41. The van der Waals surface area contributed by atoms with Gasteiger partial charge in [-0.3, -0.25) is 19.9 Å². The van der Waals surface area contributed by atoms with Crippen LogP contribution in [0.4, 0.5) is 11.4 Å². The first-order valence-corrected chi connectivity index (χ1v) is 4.58. The van der Waals surface area contributed by atoms with Crippen molar-refractivity contribution in [1.82, 2.24) is 4.98 Å². The van der Waals surface area contributed by atoms with Gasteiger partial charge in [0.05, 0.1) is 11.1 Å². The van der Waals surface area contributed by atoms with E-state index in [1.807, 2.05) is 0 Å². The summed E-state index contributed by atoms with van der Waals surface area (Å²) in [5.74, 6) is -0.143. The highest BCUT2D eigenvalue weighted by molar-refractivity contribution is 5.95. The maximum Gasteiger partial charge on any atom is 0.295 e. The summed E-state index contributed by atoms with van der Waals surface area (Å²) in [6.45, 7) is 0. The lowest BCUT2D eigenvalue weighted by Crippen LogP contribution is -2.14. The fraction of sp³-hybridized carbons (Fsp3) is 0.333. The fourth-order valence-corrected chi connectivity index (χ4v) is 1.22. The molecule has 1 heterocycles. The molecule has 15 heavy (non-hydrogen) atoms. The quantitative estimate of drug-likeness (QED) is 0.598. The van der Waals surface area contributed by atoms with Crippen LogP contribution in [-0.4, -0.2) is 15.8 Å². The second-order valence-corrected chi connectivity index (χ2v) is 3.41. The number of pyridine rings is 1. The van der Waals surface area contributed by atoms with Crippen LogP contribution < -0.4 is 5.32 Å². The van der Waals surface area contributed by atoms with Gasteiger partial charge in [0.2, 0.25) is 5.91 Å². The minimum Gasteiger partial charge on any atom is -0.319 e. The van der Waals surface area contributed by atoms with E-state index >= 15 is 0 Å². The van der Waals surface area contributed by atoms with E-state index in [9.17, 15) is 14.9 Å². The first-order valence-electron chi connectivity index (χ1n) is 4.58. The molecule has 1 aliphatic rings. The van der Waals surface area contributed by atoms with E-state index in [0.29, 0.717) is 0 Å². The highest BCUT2D eigenvalue weighted by atomic mass is 16.6. The zero-order valence-corrected chi connectivity index (χ0v) is 7.84. The Kier molecular flexibility index (Phi) is 2.32. The van der Waals surface area contributed by atoms with Gasteiger partial charge in [0.1, 0.15) is 5.69 Å². The third-order valence-corrected chi connectivity index (χ3v) is 2.20. The number of amides is 1. The Bertz CT molecular complexity index is 415. The predicted octanol–water partition coefficient (Wildman–Crippen LogP) is 1.34. The number of nitrogens with one attached hydrogen (secondary N) is 1. The number of nitro groups is 1. The van der Waals surface area contributed by atoms with Gasteiger partial charge in [-0.25, -0.2) is 0 Å². The highest BCUT2D eigenvalue weighted by Gasteiger charge is 2.30. The summed E-state index contributed by atoms with van der Waals surface area (Å²) >= 11 is 0. The molecule has 0 atom stereocenters. The molecule has 1 saturated carbocycles. The minimum atomic E-state index is -0.538. The molecular weight excluding hydrogens is 198 g/mol. The average molecular weight is 207 g/mol. The van der Waals surface area contributed by atoms with Crippen LogP contribution in [0.3, 0.4) is 0 Å². The topological polar surface area (TPSA) is 85.1 Å². The van der Waals surface area contributed by atoms with Crippen molar-refractivity contribution in [2.45, 2.75) is 12.8 Å². The summed E-state index contributed by atoms with van der Waals surface area (Å²) in [5.41, 5.74) is 0.0402. The second kappa shape index (κ2) is 3.64. The molecule has 1 aromatic rings. The van der Waals surface area contributed by atoms with Gasteiger partial charge in [0.15, 0.2) is 0 Å². The highest BCUT2D eigenvalue weighted by Crippen LogP contribution is 2.31. The van der Waals surface area contributed by atoms with Gasteiger partial charge in [0, 0.05) is 18.2 Å². The van der Waals surface area contributed by atoms with Gasteiger partial charge in [-0.2, -0.15) is 0 Å². The number of nitrogens with zero attached hydrogens (tertiary/aromatic N) is 2. The minimum absolute atomic E-state index is 0.0183. The van der Waals surface area contributed by atoms with Gasteiger partial charge in [-0.1, -0.05) is 0 Å². The number of aromatic nitrogens is 1. The molecule has 1 aromatic heterocycles. The van der Waals surface area contributed by atoms with Crippen LogP contribution in [0.25, 0.3) is 0 Å². The number of rotatable bonds is 3. The third kappa shape index (κ3) is 2.09. The molecule has 1 aliphatic carbocycles. The van der Waals surface area contributed by atoms with Crippen LogP contribution in [0.1, 0.15) is 12.8 Å². The molecule has 78 valence electrons. The molecule has 0 saturated heterocycles. The predicted molar refractivity (Wildman–Crippen MR) is 52.2 cm³/mol. The molecule has 0 unspecified atom stereocenters. The summed E-state index contributed by atoms with van der Waals surface area (Å²) < 4.78 is 0. The van der Waals surface area contributed by atoms with E-state index in [2.05, 4.69) is 10.3 Å².